The second kappa shape index (κ2) is 12.3. The van der Waals surface area contributed by atoms with E-state index in [0.717, 1.165) is 17.8 Å². The van der Waals surface area contributed by atoms with Crippen LogP contribution < -0.4 is 10.1 Å². The lowest BCUT2D eigenvalue weighted by Crippen LogP contribution is -2.16. The van der Waals surface area contributed by atoms with Crippen LogP contribution in [0.25, 0.3) is 17.2 Å². The SMILES string of the molecule is CCCOc1ccccc1/C=C(\C#N)C(=O)Nc1scc(-c2cccc([N+](=O)[O-])c2)c1C(=O)OCC. The van der Waals surface area contributed by atoms with E-state index in [1.54, 1.807) is 42.6 Å². The molecule has 0 aliphatic heterocycles. The van der Waals surface area contributed by atoms with Crippen LogP contribution in [0.1, 0.15) is 36.2 Å². The fourth-order valence-electron chi connectivity index (χ4n) is 3.27. The lowest BCUT2D eigenvalue weighted by atomic mass is 10.0. The molecule has 2 aromatic carbocycles. The number of anilines is 1. The van der Waals surface area contributed by atoms with Gasteiger partial charge in [-0.15, -0.1) is 11.3 Å². The number of nitro benzene ring substituents is 1. The molecule has 36 heavy (non-hydrogen) atoms. The number of rotatable bonds is 10. The van der Waals surface area contributed by atoms with Crippen LogP contribution in [0.5, 0.6) is 5.75 Å². The number of hydrogen-bond acceptors (Lipinski definition) is 8. The second-order valence-electron chi connectivity index (χ2n) is 7.39. The van der Waals surface area contributed by atoms with Gasteiger partial charge in [-0.25, -0.2) is 4.79 Å². The lowest BCUT2D eigenvalue weighted by Gasteiger charge is -2.10. The number of esters is 1. The molecule has 1 N–H and O–H groups in total. The van der Waals surface area contributed by atoms with Crippen molar-refractivity contribution in [1.29, 1.82) is 5.26 Å². The van der Waals surface area contributed by atoms with Gasteiger partial charge in [-0.3, -0.25) is 14.9 Å². The van der Waals surface area contributed by atoms with E-state index in [2.05, 4.69) is 5.32 Å². The Morgan fingerprint density at radius 2 is 1.97 bits per heavy atom. The zero-order valence-electron chi connectivity index (χ0n) is 19.6. The number of para-hydroxylation sites is 1. The maximum atomic E-state index is 13.0. The number of nitrogens with one attached hydrogen (secondary N) is 1. The Hall–Kier alpha value is -4.49. The van der Waals surface area contributed by atoms with Crippen molar-refractivity contribution in [2.24, 2.45) is 0 Å². The van der Waals surface area contributed by atoms with E-state index in [9.17, 15) is 25.0 Å². The van der Waals surface area contributed by atoms with Crippen molar-refractivity contribution in [3.63, 3.8) is 0 Å². The van der Waals surface area contributed by atoms with Crippen molar-refractivity contribution in [1.82, 2.24) is 0 Å². The topological polar surface area (TPSA) is 132 Å². The van der Waals surface area contributed by atoms with Crippen molar-refractivity contribution in [3.05, 3.63) is 80.7 Å². The molecule has 0 atom stereocenters. The number of nitro groups is 1. The van der Waals surface area contributed by atoms with Gasteiger partial charge in [-0.05, 0) is 31.1 Å². The Bertz CT molecular complexity index is 1360. The van der Waals surface area contributed by atoms with E-state index in [0.29, 0.717) is 29.0 Å². The standard InChI is InChI=1S/C26H23N3O6S/c1-3-12-35-22-11-6-5-8-18(22)13-19(15-27)24(30)28-25-23(26(31)34-4-2)21(16-36-25)17-9-7-10-20(14-17)29(32)33/h5-11,13-14,16H,3-4,12H2,1-2H3,(H,28,30)/b19-13+. The summed E-state index contributed by atoms with van der Waals surface area (Å²) in [5.74, 6) is -0.881. The van der Waals surface area contributed by atoms with Crippen LogP contribution in [-0.4, -0.2) is 30.0 Å². The number of hydrogen-bond donors (Lipinski definition) is 1. The number of amides is 1. The number of thiophene rings is 1. The molecule has 1 heterocycles. The minimum absolute atomic E-state index is 0.0552. The minimum atomic E-state index is -0.721. The molecule has 0 unspecified atom stereocenters. The number of carbonyl (C=O) groups is 2. The molecule has 1 aromatic heterocycles. The first kappa shape index (κ1) is 26.1. The van der Waals surface area contributed by atoms with Gasteiger partial charge >= 0.3 is 5.97 Å². The highest BCUT2D eigenvalue weighted by Gasteiger charge is 2.24. The summed E-state index contributed by atoms with van der Waals surface area (Å²) in [6, 6.07) is 14.7. The molecule has 0 bridgehead atoms. The molecule has 0 fully saturated rings. The fourth-order valence-corrected chi connectivity index (χ4v) is 4.23. The highest BCUT2D eigenvalue weighted by Crippen LogP contribution is 2.37. The fraction of sp³-hybridized carbons (Fsp3) is 0.192. The average molecular weight is 506 g/mol. The Morgan fingerprint density at radius 1 is 1.19 bits per heavy atom. The molecule has 184 valence electrons. The second-order valence-corrected chi connectivity index (χ2v) is 8.27. The van der Waals surface area contributed by atoms with E-state index in [1.807, 2.05) is 13.0 Å². The largest absolute Gasteiger partial charge is 0.493 e. The van der Waals surface area contributed by atoms with Crippen LogP contribution in [-0.2, 0) is 9.53 Å². The average Bonchev–Trinajstić information content (AvgIpc) is 3.30. The van der Waals surface area contributed by atoms with E-state index in [4.69, 9.17) is 9.47 Å². The van der Waals surface area contributed by atoms with Crippen LogP contribution in [0.3, 0.4) is 0 Å². The quantitative estimate of drug-likeness (QED) is 0.120. The first-order valence-corrected chi connectivity index (χ1v) is 12.0. The Balaban J connectivity index is 1.98. The van der Waals surface area contributed by atoms with Crippen LogP contribution in [0.4, 0.5) is 10.7 Å². The van der Waals surface area contributed by atoms with Crippen molar-refractivity contribution in [2.75, 3.05) is 18.5 Å². The third-order valence-corrected chi connectivity index (χ3v) is 5.81. The summed E-state index contributed by atoms with van der Waals surface area (Å²) < 4.78 is 10.9. The molecule has 3 rings (SSSR count). The molecule has 0 radical (unpaired) electrons. The molecular formula is C26H23N3O6S. The highest BCUT2D eigenvalue weighted by atomic mass is 32.1. The first-order valence-electron chi connectivity index (χ1n) is 11.1. The summed E-state index contributed by atoms with van der Waals surface area (Å²) >= 11 is 1.05. The molecule has 9 nitrogen and oxygen atoms in total. The number of benzene rings is 2. The predicted molar refractivity (Wildman–Crippen MR) is 137 cm³/mol. The number of carbonyl (C=O) groups excluding carboxylic acids is 2. The molecule has 10 heteroatoms. The number of ether oxygens (including phenoxy) is 2. The zero-order chi connectivity index (χ0) is 26.1. The van der Waals surface area contributed by atoms with Crippen LogP contribution >= 0.6 is 11.3 Å². The van der Waals surface area contributed by atoms with Gasteiger partial charge in [0.25, 0.3) is 11.6 Å². The molecule has 0 spiro atoms. The van der Waals surface area contributed by atoms with Crippen molar-refractivity contribution in [3.8, 4) is 22.9 Å². The third kappa shape index (κ3) is 6.14. The van der Waals surface area contributed by atoms with Gasteiger partial charge < -0.3 is 14.8 Å². The maximum Gasteiger partial charge on any atom is 0.341 e. The van der Waals surface area contributed by atoms with Crippen LogP contribution in [0.2, 0.25) is 0 Å². The monoisotopic (exact) mass is 505 g/mol. The first-order chi connectivity index (χ1) is 17.4. The van der Waals surface area contributed by atoms with Crippen molar-refractivity contribution >= 4 is 40.0 Å². The van der Waals surface area contributed by atoms with E-state index >= 15 is 0 Å². The molecule has 0 aliphatic rings. The van der Waals surface area contributed by atoms with Crippen molar-refractivity contribution < 1.29 is 24.0 Å². The molecular weight excluding hydrogens is 482 g/mol. The number of nitrogens with zero attached hydrogens (tertiary/aromatic N) is 2. The van der Waals surface area contributed by atoms with Gasteiger partial charge in [-0.1, -0.05) is 37.3 Å². The van der Waals surface area contributed by atoms with E-state index < -0.39 is 16.8 Å². The summed E-state index contributed by atoms with van der Waals surface area (Å²) in [5.41, 5.74) is 1.08. The molecule has 0 aliphatic carbocycles. The third-order valence-electron chi connectivity index (χ3n) is 4.91. The Labute approximate surface area is 211 Å². The number of non-ortho nitro benzene ring substituents is 1. The van der Waals surface area contributed by atoms with Gasteiger partial charge in [0.2, 0.25) is 0 Å². The van der Waals surface area contributed by atoms with Gasteiger partial charge in [0.15, 0.2) is 0 Å². The highest BCUT2D eigenvalue weighted by molar-refractivity contribution is 7.15. The Morgan fingerprint density at radius 3 is 2.67 bits per heavy atom. The maximum absolute atomic E-state index is 13.0. The van der Waals surface area contributed by atoms with E-state index in [-0.39, 0.29) is 28.4 Å². The van der Waals surface area contributed by atoms with Gasteiger partial charge in [0.05, 0.1) is 18.1 Å². The molecule has 1 amide bonds. The summed E-state index contributed by atoms with van der Waals surface area (Å²) in [4.78, 5) is 36.5. The summed E-state index contributed by atoms with van der Waals surface area (Å²) in [5, 5.41) is 25.3. The van der Waals surface area contributed by atoms with Crippen molar-refractivity contribution in [2.45, 2.75) is 20.3 Å². The molecule has 3 aromatic rings. The van der Waals surface area contributed by atoms with Gasteiger partial charge in [0.1, 0.15) is 28.0 Å². The van der Waals surface area contributed by atoms with Gasteiger partial charge in [0, 0.05) is 28.6 Å². The number of nitriles is 1. The Kier molecular flexibility index (Phi) is 8.91. The van der Waals surface area contributed by atoms with Crippen LogP contribution in [0.15, 0.2) is 59.5 Å². The molecule has 0 saturated carbocycles. The van der Waals surface area contributed by atoms with Gasteiger partial charge in [-0.2, -0.15) is 5.26 Å². The summed E-state index contributed by atoms with van der Waals surface area (Å²) in [6.07, 6.45) is 2.21. The lowest BCUT2D eigenvalue weighted by molar-refractivity contribution is -0.384. The van der Waals surface area contributed by atoms with Crippen LogP contribution in [0, 0.1) is 21.4 Å². The zero-order valence-corrected chi connectivity index (χ0v) is 20.5. The smallest absolute Gasteiger partial charge is 0.341 e. The summed E-state index contributed by atoms with van der Waals surface area (Å²) in [7, 11) is 0. The predicted octanol–water partition coefficient (Wildman–Crippen LogP) is 5.83. The normalized spacial score (nSPS) is 10.9. The minimum Gasteiger partial charge on any atom is -0.493 e. The van der Waals surface area contributed by atoms with E-state index in [1.165, 1.54) is 24.3 Å². The molecule has 0 saturated heterocycles. The summed E-state index contributed by atoms with van der Waals surface area (Å²) in [6.45, 7) is 4.19.